The van der Waals surface area contributed by atoms with Crippen molar-refractivity contribution in [1.82, 2.24) is 0 Å². The quantitative estimate of drug-likeness (QED) is 0.191. The number of para-hydroxylation sites is 1. The fourth-order valence-corrected chi connectivity index (χ4v) is 8.00. The second-order valence-electron chi connectivity index (χ2n) is 14.4. The minimum absolute atomic E-state index is 0.606. The van der Waals surface area contributed by atoms with Crippen molar-refractivity contribution in [3.63, 3.8) is 0 Å². The molecule has 0 fully saturated rings. The molecule has 237 valence electrons. The third-order valence-electron chi connectivity index (χ3n) is 11.1. The van der Waals surface area contributed by atoms with E-state index in [2.05, 4.69) is 150 Å². The molecule has 0 unspecified atom stereocenters. The number of hydrogen-bond donors (Lipinski definition) is 1. The van der Waals surface area contributed by atoms with Crippen LogP contribution >= 0.6 is 0 Å². The first-order valence-corrected chi connectivity index (χ1v) is 17.1. The van der Waals surface area contributed by atoms with Crippen LogP contribution in [0.4, 0.5) is 17.1 Å². The molecule has 0 saturated carbocycles. The molecule has 1 spiro atoms. The highest BCUT2D eigenvalue weighted by Crippen LogP contribution is 2.65. The summed E-state index contributed by atoms with van der Waals surface area (Å²) in [4.78, 5) is 2.51. The zero-order chi connectivity index (χ0) is 33.5. The summed E-state index contributed by atoms with van der Waals surface area (Å²) in [5, 5.41) is 15.7. The molecule has 1 radical (unpaired) electrons. The van der Waals surface area contributed by atoms with Crippen LogP contribution < -0.4 is 10.4 Å². The van der Waals surface area contributed by atoms with Crippen molar-refractivity contribution >= 4 is 51.6 Å². The van der Waals surface area contributed by atoms with E-state index in [1.54, 1.807) is 13.8 Å². The predicted molar refractivity (Wildman–Crippen MR) is 204 cm³/mol. The van der Waals surface area contributed by atoms with E-state index in [0.717, 1.165) is 11.2 Å². The van der Waals surface area contributed by atoms with Gasteiger partial charge in [0.2, 0.25) is 0 Å². The number of rotatable bonds is 5. The van der Waals surface area contributed by atoms with Gasteiger partial charge < -0.3 is 14.7 Å². The Hall–Kier alpha value is -5.16. The van der Waals surface area contributed by atoms with Crippen molar-refractivity contribution in [2.24, 2.45) is 0 Å². The third-order valence-corrected chi connectivity index (χ3v) is 11.1. The van der Waals surface area contributed by atoms with Gasteiger partial charge >= 0.3 is 7.48 Å². The fraction of sp³-hybridized carbons (Fsp3) is 0.156. The summed E-state index contributed by atoms with van der Waals surface area (Å²) in [5.41, 5.74) is 9.54. The molecule has 0 saturated heterocycles. The van der Waals surface area contributed by atoms with E-state index in [4.69, 9.17) is 4.65 Å². The summed E-state index contributed by atoms with van der Waals surface area (Å²) < 4.78 is 6.34. The van der Waals surface area contributed by atoms with Crippen molar-refractivity contribution < 1.29 is 9.76 Å². The Morgan fingerprint density at radius 3 is 1.73 bits per heavy atom. The molecule has 0 atom stereocenters. The van der Waals surface area contributed by atoms with Crippen molar-refractivity contribution in [3.8, 4) is 11.1 Å². The van der Waals surface area contributed by atoms with Crippen LogP contribution in [0.25, 0.3) is 32.7 Å². The van der Waals surface area contributed by atoms with Gasteiger partial charge in [-0.25, -0.2) is 0 Å². The Bertz CT molecular complexity index is 2340. The minimum atomic E-state index is -1.03. The first-order chi connectivity index (χ1) is 23.7. The summed E-state index contributed by atoms with van der Waals surface area (Å²) in [6.45, 7) is 7.43. The number of hydrogen-bond acceptors (Lipinski definition) is 3. The fourth-order valence-electron chi connectivity index (χ4n) is 8.00. The topological polar surface area (TPSA) is 32.7 Å². The van der Waals surface area contributed by atoms with Crippen molar-refractivity contribution in [2.45, 2.75) is 44.3 Å². The normalized spacial score (nSPS) is 14.4. The smallest absolute Gasteiger partial charge is 0.330 e. The maximum Gasteiger partial charge on any atom is 0.330 e. The molecule has 4 heteroatoms. The average Bonchev–Trinajstić information content (AvgIpc) is 3.40. The Balaban J connectivity index is 1.42. The van der Waals surface area contributed by atoms with Gasteiger partial charge in [0.1, 0.15) is 0 Å². The van der Waals surface area contributed by atoms with Crippen LogP contribution in [0.2, 0.25) is 0 Å². The first-order valence-electron chi connectivity index (χ1n) is 17.1. The van der Waals surface area contributed by atoms with Gasteiger partial charge in [-0.2, -0.15) is 0 Å². The molecular weight excluding hydrogens is 597 g/mol. The van der Waals surface area contributed by atoms with Crippen LogP contribution in [0.5, 0.6) is 0 Å². The molecule has 3 nitrogen and oxygen atoms in total. The van der Waals surface area contributed by atoms with Crippen LogP contribution in [0, 0.1) is 0 Å². The van der Waals surface area contributed by atoms with Crippen molar-refractivity contribution in [3.05, 3.63) is 168 Å². The summed E-state index contributed by atoms with van der Waals surface area (Å²) in [6, 6.07) is 53.3. The van der Waals surface area contributed by atoms with E-state index in [9.17, 15) is 5.11 Å². The van der Waals surface area contributed by atoms with E-state index >= 15 is 0 Å². The Labute approximate surface area is 288 Å². The van der Waals surface area contributed by atoms with Gasteiger partial charge in [-0.1, -0.05) is 139 Å². The lowest BCUT2D eigenvalue weighted by Crippen LogP contribution is -2.49. The second-order valence-corrected chi connectivity index (χ2v) is 14.4. The molecule has 1 aliphatic carbocycles. The lowest BCUT2D eigenvalue weighted by Gasteiger charge is -2.46. The van der Waals surface area contributed by atoms with Gasteiger partial charge in [0, 0.05) is 16.5 Å². The van der Waals surface area contributed by atoms with Crippen LogP contribution in [0.1, 0.15) is 49.9 Å². The van der Waals surface area contributed by atoms with Gasteiger partial charge in [0.05, 0.1) is 28.0 Å². The summed E-state index contributed by atoms with van der Waals surface area (Å²) in [6.07, 6.45) is 0. The number of aliphatic hydroxyl groups is 1. The lowest BCUT2D eigenvalue weighted by molar-refractivity contribution is -0.0893. The van der Waals surface area contributed by atoms with Gasteiger partial charge in [0.15, 0.2) is 0 Å². The van der Waals surface area contributed by atoms with Crippen LogP contribution in [0.15, 0.2) is 146 Å². The highest BCUT2D eigenvalue weighted by molar-refractivity contribution is 6.47. The number of anilines is 3. The Morgan fingerprint density at radius 1 is 0.551 bits per heavy atom. The Kier molecular flexibility index (Phi) is 6.52. The molecule has 0 aromatic heterocycles. The maximum atomic E-state index is 10.9. The summed E-state index contributed by atoms with van der Waals surface area (Å²) in [7, 11) is 1.82. The first kappa shape index (κ1) is 29.9. The van der Waals surface area contributed by atoms with Gasteiger partial charge in [-0.15, -0.1) is 0 Å². The molecule has 0 amide bonds. The third kappa shape index (κ3) is 4.24. The SMILES string of the molecule is CC(C)(O)C(C)(C)O[B]c1ccc2c(c1)C1(c3ccccc3-2)c2ccc3ccccc3c2N(c2ccccc2)c2c1ccc1ccccc21. The van der Waals surface area contributed by atoms with Crippen molar-refractivity contribution in [2.75, 3.05) is 4.90 Å². The maximum absolute atomic E-state index is 10.9. The molecule has 1 N–H and O–H groups in total. The van der Waals surface area contributed by atoms with Gasteiger partial charge in [-0.05, 0) is 84.0 Å². The molecule has 7 aromatic carbocycles. The number of fused-ring (bicyclic) bond motifs is 13. The molecule has 1 aliphatic heterocycles. The van der Waals surface area contributed by atoms with E-state index in [1.165, 1.54) is 66.3 Å². The molecule has 1 heterocycles. The van der Waals surface area contributed by atoms with E-state index in [0.29, 0.717) is 0 Å². The van der Waals surface area contributed by atoms with Crippen LogP contribution in [-0.4, -0.2) is 23.8 Å². The molecule has 9 rings (SSSR count). The standard InChI is InChI=1S/C45H37BNO2/c1-43(2,48)44(3,4)49-46-31-24-25-36-35-20-12-13-21-37(35)45(40(36)28-31)38-26-22-29-14-8-10-18-33(29)41(38)47(32-16-6-5-7-17-32)42-34-19-11-9-15-30(34)23-27-39(42)45/h5-28,48H,1-4H3. The molecule has 49 heavy (non-hydrogen) atoms. The minimum Gasteiger partial charge on any atom is -0.427 e. The number of nitrogens with zero attached hydrogens (tertiary/aromatic N) is 1. The van der Waals surface area contributed by atoms with E-state index in [-0.39, 0.29) is 0 Å². The van der Waals surface area contributed by atoms with Crippen LogP contribution in [-0.2, 0) is 10.1 Å². The predicted octanol–water partition coefficient (Wildman–Crippen LogP) is 9.95. The average molecular weight is 635 g/mol. The van der Waals surface area contributed by atoms with Crippen LogP contribution in [0.3, 0.4) is 0 Å². The zero-order valence-corrected chi connectivity index (χ0v) is 28.2. The zero-order valence-electron chi connectivity index (χ0n) is 28.2. The monoisotopic (exact) mass is 634 g/mol. The highest BCUT2D eigenvalue weighted by Gasteiger charge is 2.52. The highest BCUT2D eigenvalue weighted by atomic mass is 16.5. The molecule has 0 bridgehead atoms. The van der Waals surface area contributed by atoms with E-state index < -0.39 is 16.6 Å². The lowest BCUT2D eigenvalue weighted by atomic mass is 9.63. The van der Waals surface area contributed by atoms with E-state index in [1.807, 2.05) is 21.3 Å². The Morgan fingerprint density at radius 2 is 1.10 bits per heavy atom. The van der Waals surface area contributed by atoms with Crippen molar-refractivity contribution in [1.29, 1.82) is 0 Å². The molecule has 2 aliphatic rings. The van der Waals surface area contributed by atoms with Gasteiger partial charge in [0.25, 0.3) is 0 Å². The second kappa shape index (κ2) is 10.7. The molecule has 7 aromatic rings. The number of benzene rings is 7. The summed E-state index contributed by atoms with van der Waals surface area (Å²) >= 11 is 0. The summed E-state index contributed by atoms with van der Waals surface area (Å²) in [5.74, 6) is 0. The molecular formula is C45H37BNO2. The van der Waals surface area contributed by atoms with Gasteiger partial charge in [-0.3, -0.25) is 0 Å². The largest absolute Gasteiger partial charge is 0.427 e.